The summed E-state index contributed by atoms with van der Waals surface area (Å²) < 4.78 is 19.7. The molecule has 1 aromatic heterocycles. The molecule has 5 N–H and O–H groups in total. The zero-order chi connectivity index (χ0) is 31.5. The van der Waals surface area contributed by atoms with E-state index in [4.69, 9.17) is 9.84 Å². The van der Waals surface area contributed by atoms with E-state index in [0.717, 1.165) is 12.8 Å². The number of aliphatic hydroxyl groups is 1. The first-order valence-corrected chi connectivity index (χ1v) is 13.9. The molecule has 1 saturated carbocycles. The van der Waals surface area contributed by atoms with Crippen LogP contribution in [-0.2, 0) is 29.5 Å². The molecule has 4 rings (SSSR count). The van der Waals surface area contributed by atoms with Crippen LogP contribution in [0.3, 0.4) is 0 Å². The fourth-order valence-electron chi connectivity index (χ4n) is 6.04. The monoisotopic (exact) mass is 597 g/mol. The molecular formula is C31H36FN3O8. The van der Waals surface area contributed by atoms with Gasteiger partial charge in [0.05, 0.1) is 12.8 Å². The number of aryl methyl sites for hydroxylation is 1. The molecule has 2 aromatic carbocycles. The number of fused-ring (bicyclic) bond motifs is 1. The summed E-state index contributed by atoms with van der Waals surface area (Å²) in [7, 11) is 4.03. The average molecular weight is 598 g/mol. The van der Waals surface area contributed by atoms with Crippen molar-refractivity contribution in [3.63, 3.8) is 0 Å². The number of carboxylic acids is 2. The van der Waals surface area contributed by atoms with Crippen LogP contribution in [0.15, 0.2) is 48.5 Å². The summed E-state index contributed by atoms with van der Waals surface area (Å²) >= 11 is 0. The fraction of sp³-hybridized carbons (Fsp3) is 0.419. The van der Waals surface area contributed by atoms with Crippen LogP contribution in [0.2, 0.25) is 0 Å². The first kappa shape index (κ1) is 31.6. The minimum absolute atomic E-state index is 0.167. The molecule has 0 spiro atoms. The largest absolute Gasteiger partial charge is 0.481 e. The molecule has 12 heteroatoms. The van der Waals surface area contributed by atoms with Crippen molar-refractivity contribution < 1.29 is 43.6 Å². The summed E-state index contributed by atoms with van der Waals surface area (Å²) in [6.45, 7) is 1.62. The molecule has 1 fully saturated rings. The number of halogens is 1. The van der Waals surface area contributed by atoms with Crippen molar-refractivity contribution in [3.05, 3.63) is 71.2 Å². The Labute approximate surface area is 247 Å². The van der Waals surface area contributed by atoms with Gasteiger partial charge in [0.25, 0.3) is 5.91 Å². The number of carboxylic acid groups (broad SMARTS) is 2. The van der Waals surface area contributed by atoms with Crippen molar-refractivity contribution in [1.82, 2.24) is 15.2 Å². The maximum absolute atomic E-state index is 14.3. The normalized spacial score (nSPS) is 20.7. The van der Waals surface area contributed by atoms with Gasteiger partial charge in [0.15, 0.2) is 5.60 Å². The first-order valence-electron chi connectivity index (χ1n) is 13.9. The lowest BCUT2D eigenvalue weighted by atomic mass is 9.74. The predicted molar refractivity (Wildman–Crippen MR) is 153 cm³/mol. The SMILES string of the molecule is Cc1[nH]c2ccc(F)cc2c1C(OC(=O)CC(O)(CC(=O)O)C(=O)O)C(=O)NC1CCC(c2ccccc2)(N(C)C)CC1. The average Bonchev–Trinajstić information content (AvgIpc) is 3.26. The molecule has 2 atom stereocenters. The van der Waals surface area contributed by atoms with Crippen LogP contribution in [0.4, 0.5) is 4.39 Å². The van der Waals surface area contributed by atoms with Crippen molar-refractivity contribution in [2.75, 3.05) is 14.1 Å². The molecule has 1 amide bonds. The first-order chi connectivity index (χ1) is 20.3. The number of H-pyrrole nitrogens is 1. The number of aliphatic carboxylic acids is 2. The number of benzene rings is 2. The Morgan fingerprint density at radius 2 is 1.74 bits per heavy atom. The lowest BCUT2D eigenvalue weighted by Gasteiger charge is -2.45. The highest BCUT2D eigenvalue weighted by molar-refractivity contribution is 5.94. The summed E-state index contributed by atoms with van der Waals surface area (Å²) in [5.41, 5.74) is -0.966. The van der Waals surface area contributed by atoms with Gasteiger partial charge in [-0.2, -0.15) is 0 Å². The second-order valence-electron chi connectivity index (χ2n) is 11.4. The second-order valence-corrected chi connectivity index (χ2v) is 11.4. The van der Waals surface area contributed by atoms with E-state index in [1.54, 1.807) is 6.92 Å². The van der Waals surface area contributed by atoms with Crippen molar-refractivity contribution >= 4 is 34.7 Å². The van der Waals surface area contributed by atoms with Crippen LogP contribution in [0, 0.1) is 12.7 Å². The van der Waals surface area contributed by atoms with E-state index >= 15 is 0 Å². The number of hydrogen-bond donors (Lipinski definition) is 5. The fourth-order valence-corrected chi connectivity index (χ4v) is 6.04. The molecule has 0 bridgehead atoms. The maximum atomic E-state index is 14.3. The third-order valence-electron chi connectivity index (χ3n) is 8.35. The van der Waals surface area contributed by atoms with Crippen LogP contribution in [0.5, 0.6) is 0 Å². The van der Waals surface area contributed by atoms with Gasteiger partial charge in [-0.1, -0.05) is 30.3 Å². The molecular weight excluding hydrogens is 561 g/mol. The number of carbonyl (C=O) groups is 4. The lowest BCUT2D eigenvalue weighted by molar-refractivity contribution is -0.174. The van der Waals surface area contributed by atoms with E-state index in [9.17, 15) is 33.8 Å². The van der Waals surface area contributed by atoms with E-state index in [-0.39, 0.29) is 22.5 Å². The summed E-state index contributed by atoms with van der Waals surface area (Å²) in [4.78, 5) is 54.8. The van der Waals surface area contributed by atoms with Gasteiger partial charge >= 0.3 is 17.9 Å². The van der Waals surface area contributed by atoms with E-state index in [1.165, 1.54) is 23.8 Å². The van der Waals surface area contributed by atoms with Crippen LogP contribution >= 0.6 is 0 Å². The Hall–Kier alpha value is -4.29. The highest BCUT2D eigenvalue weighted by Crippen LogP contribution is 2.41. The standard InChI is InChI=1S/C31H36FN3O8/c1-18-26(22-15-20(32)9-10-23(22)33-18)27(43-25(38)17-31(42,29(40)41)16-24(36)37)28(39)34-21-11-13-30(14-12-21,35(2)3)19-7-5-4-6-8-19/h4-10,15,21,27,33,42H,11-14,16-17H2,1-3H3,(H,34,39)(H,36,37)(H,40,41). The van der Waals surface area contributed by atoms with Gasteiger partial charge in [-0.15, -0.1) is 0 Å². The van der Waals surface area contributed by atoms with Crippen LogP contribution in [0.25, 0.3) is 10.9 Å². The summed E-state index contributed by atoms with van der Waals surface area (Å²) in [5, 5.41) is 32.1. The molecule has 11 nitrogen and oxygen atoms in total. The molecule has 0 saturated heterocycles. The molecule has 3 aromatic rings. The Kier molecular flexibility index (Phi) is 9.21. The van der Waals surface area contributed by atoms with E-state index in [2.05, 4.69) is 27.3 Å². The number of hydrogen-bond acceptors (Lipinski definition) is 7. The Morgan fingerprint density at radius 3 is 2.33 bits per heavy atom. The number of rotatable bonds is 11. The van der Waals surface area contributed by atoms with Gasteiger partial charge in [-0.05, 0) is 70.5 Å². The topological polar surface area (TPSA) is 169 Å². The zero-order valence-electron chi connectivity index (χ0n) is 24.2. The highest BCUT2D eigenvalue weighted by Gasteiger charge is 2.44. The minimum atomic E-state index is -2.96. The third-order valence-corrected chi connectivity index (χ3v) is 8.35. The van der Waals surface area contributed by atoms with Gasteiger partial charge in [-0.25, -0.2) is 9.18 Å². The number of carbonyl (C=O) groups excluding carboxylic acids is 2. The van der Waals surface area contributed by atoms with Gasteiger partial charge in [0.1, 0.15) is 5.82 Å². The minimum Gasteiger partial charge on any atom is -0.481 e. The Balaban J connectivity index is 1.60. The summed E-state index contributed by atoms with van der Waals surface area (Å²) in [6, 6.07) is 13.7. The summed E-state index contributed by atoms with van der Waals surface area (Å²) in [5.74, 6) is -6.18. The number of nitrogens with one attached hydrogen (secondary N) is 2. The van der Waals surface area contributed by atoms with Gasteiger partial charge in [0.2, 0.25) is 6.10 Å². The zero-order valence-corrected chi connectivity index (χ0v) is 24.2. The molecule has 2 unspecified atom stereocenters. The van der Waals surface area contributed by atoms with Crippen LogP contribution in [-0.4, -0.2) is 74.8 Å². The molecule has 1 aliphatic rings. The molecule has 0 aliphatic heterocycles. The Morgan fingerprint density at radius 1 is 1.09 bits per heavy atom. The molecule has 0 radical (unpaired) electrons. The quantitative estimate of drug-likeness (QED) is 0.208. The van der Waals surface area contributed by atoms with Crippen molar-refractivity contribution in [3.8, 4) is 0 Å². The van der Waals surface area contributed by atoms with E-state index < -0.39 is 54.2 Å². The van der Waals surface area contributed by atoms with Gasteiger partial charge in [0, 0.05) is 33.7 Å². The van der Waals surface area contributed by atoms with Crippen molar-refractivity contribution in [2.45, 2.75) is 68.7 Å². The Bertz CT molecular complexity index is 1510. The molecule has 43 heavy (non-hydrogen) atoms. The molecule has 1 aliphatic carbocycles. The number of ether oxygens (including phenoxy) is 1. The second kappa shape index (κ2) is 12.5. The number of esters is 1. The number of aromatic amines is 1. The van der Waals surface area contributed by atoms with E-state index in [1.807, 2.05) is 32.3 Å². The predicted octanol–water partition coefficient (Wildman–Crippen LogP) is 3.40. The lowest BCUT2D eigenvalue weighted by Crippen LogP contribution is -2.49. The van der Waals surface area contributed by atoms with Gasteiger partial charge in [-0.3, -0.25) is 19.3 Å². The molecule has 230 valence electrons. The number of nitrogens with zero attached hydrogens (tertiary/aromatic N) is 1. The number of amides is 1. The third kappa shape index (κ3) is 6.70. The summed E-state index contributed by atoms with van der Waals surface area (Å²) in [6.07, 6.45) is -1.44. The van der Waals surface area contributed by atoms with Crippen molar-refractivity contribution in [2.24, 2.45) is 0 Å². The smallest absolute Gasteiger partial charge is 0.336 e. The van der Waals surface area contributed by atoms with E-state index in [0.29, 0.717) is 24.1 Å². The number of aromatic nitrogens is 1. The van der Waals surface area contributed by atoms with Crippen LogP contribution in [0.1, 0.15) is 61.4 Å². The maximum Gasteiger partial charge on any atom is 0.336 e. The van der Waals surface area contributed by atoms with Crippen molar-refractivity contribution in [1.29, 1.82) is 0 Å². The van der Waals surface area contributed by atoms with Crippen LogP contribution < -0.4 is 5.32 Å². The highest BCUT2D eigenvalue weighted by atomic mass is 19.1. The molecule has 1 heterocycles. The van der Waals surface area contributed by atoms with Gasteiger partial charge < -0.3 is 30.4 Å².